The molecule has 0 unspecified atom stereocenters. The fourth-order valence-electron chi connectivity index (χ4n) is 1.15. The minimum atomic E-state index is -0.0706. The molecule has 3 nitrogen and oxygen atoms in total. The molecule has 0 amide bonds. The van der Waals surface area contributed by atoms with E-state index in [4.69, 9.17) is 0 Å². The largest absolute Gasteiger partial charge is 0.299 e. The lowest BCUT2D eigenvalue weighted by atomic mass is 9.98. The maximum atomic E-state index is 11.1. The van der Waals surface area contributed by atoms with Crippen molar-refractivity contribution in [2.45, 2.75) is 12.8 Å². The van der Waals surface area contributed by atoms with Gasteiger partial charge in [-0.3, -0.25) is 9.59 Å². The van der Waals surface area contributed by atoms with Crippen LogP contribution in [-0.4, -0.2) is 15.9 Å². The second kappa shape index (κ2) is 2.23. The number of Topliss-reactive ketones (excluding diaryl/α,β-unsaturated/α-hetero) is 2. The summed E-state index contributed by atoms with van der Waals surface area (Å²) in [5.74, 6) is -0.0681. The van der Waals surface area contributed by atoms with Crippen molar-refractivity contribution in [1.82, 2.24) is 4.37 Å². The van der Waals surface area contributed by atoms with Crippen molar-refractivity contribution >= 4 is 23.1 Å². The normalized spacial score (nSPS) is 16.7. The first-order valence-corrected chi connectivity index (χ1v) is 4.03. The number of aromatic nitrogens is 1. The summed E-state index contributed by atoms with van der Waals surface area (Å²) in [4.78, 5) is 22.7. The topological polar surface area (TPSA) is 47.0 Å². The van der Waals surface area contributed by atoms with Crippen molar-refractivity contribution in [1.29, 1.82) is 0 Å². The SMILES string of the molecule is O=C1CC(=O)c2sncc2C1. The van der Waals surface area contributed by atoms with Gasteiger partial charge >= 0.3 is 0 Å². The van der Waals surface area contributed by atoms with Gasteiger partial charge in [0.25, 0.3) is 0 Å². The van der Waals surface area contributed by atoms with Crippen molar-refractivity contribution < 1.29 is 9.59 Å². The van der Waals surface area contributed by atoms with Crippen LogP contribution in [0.4, 0.5) is 0 Å². The van der Waals surface area contributed by atoms with Crippen molar-refractivity contribution in [3.63, 3.8) is 0 Å². The third-order valence-corrected chi connectivity index (χ3v) is 2.53. The van der Waals surface area contributed by atoms with Crippen LogP contribution in [0.2, 0.25) is 0 Å². The van der Waals surface area contributed by atoms with Gasteiger partial charge in [0, 0.05) is 18.2 Å². The second-order valence-electron chi connectivity index (χ2n) is 2.50. The molecule has 1 aromatic heterocycles. The molecule has 56 valence electrons. The Bertz CT molecular complexity index is 329. The Morgan fingerprint density at radius 2 is 2.18 bits per heavy atom. The lowest BCUT2D eigenvalue weighted by molar-refractivity contribution is -0.117. The molecule has 2 rings (SSSR count). The summed E-state index contributed by atoms with van der Waals surface area (Å²) in [6.07, 6.45) is 2.06. The molecule has 0 saturated carbocycles. The van der Waals surface area contributed by atoms with E-state index in [0.29, 0.717) is 11.3 Å². The number of carbonyl (C=O) groups excluding carboxylic acids is 2. The van der Waals surface area contributed by atoms with Crippen molar-refractivity contribution in [2.24, 2.45) is 0 Å². The predicted octanol–water partition coefficient (Wildman–Crippen LogP) is 0.841. The van der Waals surface area contributed by atoms with Crippen LogP contribution in [-0.2, 0) is 11.2 Å². The van der Waals surface area contributed by atoms with Crippen LogP contribution in [0.5, 0.6) is 0 Å². The molecule has 1 heterocycles. The number of hydrogen-bond donors (Lipinski definition) is 0. The molecule has 0 aliphatic heterocycles. The van der Waals surface area contributed by atoms with Crippen LogP contribution in [0, 0.1) is 0 Å². The first-order chi connectivity index (χ1) is 5.27. The van der Waals surface area contributed by atoms with E-state index >= 15 is 0 Å². The summed E-state index contributed by atoms with van der Waals surface area (Å²) in [5.41, 5.74) is 0.802. The van der Waals surface area contributed by atoms with Crippen LogP contribution in [0.3, 0.4) is 0 Å². The molecular formula is C7H5NO2S. The van der Waals surface area contributed by atoms with E-state index in [1.54, 1.807) is 6.20 Å². The smallest absolute Gasteiger partial charge is 0.182 e. The van der Waals surface area contributed by atoms with E-state index in [-0.39, 0.29) is 18.0 Å². The minimum Gasteiger partial charge on any atom is -0.299 e. The Morgan fingerprint density at radius 1 is 1.36 bits per heavy atom. The van der Waals surface area contributed by atoms with Gasteiger partial charge in [0.15, 0.2) is 5.78 Å². The van der Waals surface area contributed by atoms with Crippen LogP contribution in [0.25, 0.3) is 0 Å². The maximum absolute atomic E-state index is 11.1. The van der Waals surface area contributed by atoms with Gasteiger partial charge in [-0.25, -0.2) is 4.37 Å². The number of rotatable bonds is 0. The molecule has 0 bridgehead atoms. The number of ketones is 2. The van der Waals surface area contributed by atoms with Crippen LogP contribution < -0.4 is 0 Å². The van der Waals surface area contributed by atoms with E-state index in [9.17, 15) is 9.59 Å². The van der Waals surface area contributed by atoms with E-state index in [1.807, 2.05) is 0 Å². The number of fused-ring (bicyclic) bond motifs is 1. The molecule has 0 aromatic carbocycles. The van der Waals surface area contributed by atoms with E-state index in [2.05, 4.69) is 4.37 Å². The third-order valence-electron chi connectivity index (χ3n) is 1.64. The molecule has 0 fully saturated rings. The zero-order chi connectivity index (χ0) is 7.84. The highest BCUT2D eigenvalue weighted by atomic mass is 32.1. The first-order valence-electron chi connectivity index (χ1n) is 3.26. The summed E-state index contributed by atoms with van der Waals surface area (Å²) in [6.45, 7) is 0. The van der Waals surface area contributed by atoms with Gasteiger partial charge in [0.05, 0.1) is 11.3 Å². The van der Waals surface area contributed by atoms with Crippen LogP contribution in [0.15, 0.2) is 6.20 Å². The molecule has 1 aromatic rings. The van der Waals surface area contributed by atoms with Gasteiger partial charge in [-0.15, -0.1) is 0 Å². The molecule has 1 aliphatic carbocycles. The second-order valence-corrected chi connectivity index (χ2v) is 3.30. The molecule has 0 atom stereocenters. The molecular weight excluding hydrogens is 162 g/mol. The van der Waals surface area contributed by atoms with E-state index < -0.39 is 0 Å². The van der Waals surface area contributed by atoms with Crippen LogP contribution in [0.1, 0.15) is 21.7 Å². The number of hydrogen-bond acceptors (Lipinski definition) is 4. The Hall–Kier alpha value is -1.03. The fraction of sp³-hybridized carbons (Fsp3) is 0.286. The Labute approximate surface area is 67.2 Å². The fourth-order valence-corrected chi connectivity index (χ4v) is 1.85. The monoisotopic (exact) mass is 167 g/mol. The van der Waals surface area contributed by atoms with E-state index in [0.717, 1.165) is 5.56 Å². The molecule has 0 saturated heterocycles. The van der Waals surface area contributed by atoms with Gasteiger partial charge < -0.3 is 0 Å². The van der Waals surface area contributed by atoms with Crippen molar-refractivity contribution in [3.05, 3.63) is 16.6 Å². The molecule has 0 N–H and O–H groups in total. The Morgan fingerprint density at radius 3 is 3.00 bits per heavy atom. The van der Waals surface area contributed by atoms with Crippen LogP contribution >= 0.6 is 11.5 Å². The zero-order valence-electron chi connectivity index (χ0n) is 5.66. The maximum Gasteiger partial charge on any atom is 0.182 e. The highest BCUT2D eigenvalue weighted by Crippen LogP contribution is 2.21. The molecule has 0 spiro atoms. The van der Waals surface area contributed by atoms with Crippen molar-refractivity contribution in [2.75, 3.05) is 0 Å². The van der Waals surface area contributed by atoms with Gasteiger partial charge in [-0.05, 0) is 11.5 Å². The predicted molar refractivity (Wildman–Crippen MR) is 39.8 cm³/mol. The standard InChI is InChI=1S/C7H5NO2S/c9-5-1-4-3-8-11-7(4)6(10)2-5/h3H,1-2H2. The Kier molecular flexibility index (Phi) is 1.35. The average Bonchev–Trinajstić information content (AvgIpc) is 2.34. The summed E-state index contributed by atoms with van der Waals surface area (Å²) < 4.78 is 3.86. The summed E-state index contributed by atoms with van der Waals surface area (Å²) in [7, 11) is 0. The average molecular weight is 167 g/mol. The Balaban J connectivity index is 2.52. The van der Waals surface area contributed by atoms with Gasteiger partial charge in [-0.1, -0.05) is 0 Å². The number of carbonyl (C=O) groups is 2. The van der Waals surface area contributed by atoms with Gasteiger partial charge in [0.2, 0.25) is 0 Å². The third kappa shape index (κ3) is 0.991. The van der Waals surface area contributed by atoms with E-state index in [1.165, 1.54) is 11.5 Å². The number of nitrogens with zero attached hydrogens (tertiary/aromatic N) is 1. The summed E-state index contributed by atoms with van der Waals surface area (Å²) in [6, 6.07) is 0. The first kappa shape index (κ1) is 6.67. The quantitative estimate of drug-likeness (QED) is 0.538. The summed E-state index contributed by atoms with van der Waals surface area (Å²) in [5, 5.41) is 0. The zero-order valence-corrected chi connectivity index (χ0v) is 6.48. The highest BCUT2D eigenvalue weighted by Gasteiger charge is 2.24. The van der Waals surface area contributed by atoms with Gasteiger partial charge in [0.1, 0.15) is 5.78 Å². The van der Waals surface area contributed by atoms with Crippen molar-refractivity contribution in [3.8, 4) is 0 Å². The lowest BCUT2D eigenvalue weighted by Crippen LogP contribution is -2.17. The minimum absolute atomic E-state index is 0.00250. The molecule has 1 aliphatic rings. The highest BCUT2D eigenvalue weighted by molar-refractivity contribution is 7.08. The molecule has 0 radical (unpaired) electrons. The molecule has 4 heteroatoms. The lowest BCUT2D eigenvalue weighted by Gasteiger charge is -2.05. The molecule has 11 heavy (non-hydrogen) atoms. The van der Waals surface area contributed by atoms with Gasteiger partial charge in [-0.2, -0.15) is 0 Å². The summed E-state index contributed by atoms with van der Waals surface area (Å²) >= 11 is 1.18.